The Hall–Kier alpha value is -5.38. The van der Waals surface area contributed by atoms with Gasteiger partial charge in [0.1, 0.15) is 11.6 Å². The van der Waals surface area contributed by atoms with Crippen LogP contribution in [0.15, 0.2) is 75.1 Å². The molecule has 1 atom stereocenters. The third kappa shape index (κ3) is 8.25. The molecule has 2 amide bonds. The summed E-state index contributed by atoms with van der Waals surface area (Å²) in [6, 6.07) is 10.3. The van der Waals surface area contributed by atoms with Gasteiger partial charge in [-0.15, -0.1) is 0 Å². The lowest BCUT2D eigenvalue weighted by molar-refractivity contribution is -0.113. The number of carbonyl (C=O) groups is 3. The van der Waals surface area contributed by atoms with E-state index in [0.717, 1.165) is 16.7 Å². The van der Waals surface area contributed by atoms with Crippen LogP contribution in [-0.2, 0) is 28.3 Å². The molecule has 16 heteroatoms. The van der Waals surface area contributed by atoms with E-state index in [0.29, 0.717) is 29.0 Å². The van der Waals surface area contributed by atoms with Crippen LogP contribution in [0.5, 0.6) is 0 Å². The molecule has 0 bridgehead atoms. The topological polar surface area (TPSA) is 165 Å². The number of hydrogen-bond acceptors (Lipinski definition) is 7. The molecule has 2 radical (unpaired) electrons. The number of rotatable bonds is 10. The van der Waals surface area contributed by atoms with Gasteiger partial charge in [-0.1, -0.05) is 12.1 Å². The van der Waals surface area contributed by atoms with Gasteiger partial charge in [0, 0.05) is 35.5 Å². The zero-order valence-corrected chi connectivity index (χ0v) is 28.9. The van der Waals surface area contributed by atoms with E-state index < -0.39 is 73.2 Å². The summed E-state index contributed by atoms with van der Waals surface area (Å²) >= 11 is 0. The Morgan fingerprint density at radius 2 is 1.50 bits per heavy atom. The van der Waals surface area contributed by atoms with E-state index in [1.807, 2.05) is 4.72 Å². The number of anilines is 1. The molecule has 0 saturated heterocycles. The summed E-state index contributed by atoms with van der Waals surface area (Å²) in [7, 11) is 2.57. The lowest BCUT2D eigenvalue weighted by atomic mass is 9.90. The molecular weight excluding hydrogens is 671 g/mol. The van der Waals surface area contributed by atoms with Gasteiger partial charge in [0.2, 0.25) is 0 Å². The van der Waals surface area contributed by atoms with Crippen LogP contribution < -0.4 is 26.6 Å². The first-order valence-corrected chi connectivity index (χ1v) is 16.6. The fourth-order valence-corrected chi connectivity index (χ4v) is 5.92. The van der Waals surface area contributed by atoms with Crippen LogP contribution in [0.4, 0.5) is 14.5 Å². The van der Waals surface area contributed by atoms with E-state index in [2.05, 4.69) is 10.6 Å². The predicted molar refractivity (Wildman–Crippen MR) is 183 cm³/mol. The maximum Gasteiger partial charge on any atom is 0.335 e. The monoisotopic (exact) mass is 705 g/mol. The van der Waals surface area contributed by atoms with E-state index in [1.54, 1.807) is 34.6 Å². The van der Waals surface area contributed by atoms with Gasteiger partial charge >= 0.3 is 5.69 Å². The Kier molecular flexibility index (Phi) is 10.7. The van der Waals surface area contributed by atoms with Crippen molar-refractivity contribution in [3.8, 4) is 5.69 Å². The van der Waals surface area contributed by atoms with Crippen molar-refractivity contribution in [2.45, 2.75) is 57.5 Å². The second kappa shape index (κ2) is 14.2. The van der Waals surface area contributed by atoms with Crippen molar-refractivity contribution in [3.05, 3.63) is 121 Å². The van der Waals surface area contributed by atoms with Crippen molar-refractivity contribution in [3.63, 3.8) is 0 Å². The summed E-state index contributed by atoms with van der Waals surface area (Å²) < 4.78 is 60.2. The van der Waals surface area contributed by atoms with Crippen molar-refractivity contribution in [1.29, 1.82) is 0 Å². The van der Waals surface area contributed by atoms with Crippen LogP contribution in [0.25, 0.3) is 5.69 Å². The van der Waals surface area contributed by atoms with E-state index in [1.165, 1.54) is 48.0 Å². The average Bonchev–Trinajstić information content (AvgIpc) is 3.04. The van der Waals surface area contributed by atoms with E-state index in [9.17, 15) is 32.4 Å². The number of halogens is 2. The molecule has 50 heavy (non-hydrogen) atoms. The van der Waals surface area contributed by atoms with Gasteiger partial charge in [-0.3, -0.25) is 19.1 Å². The number of sulfonamides is 1. The zero-order valence-electron chi connectivity index (χ0n) is 28.1. The molecule has 260 valence electrons. The molecule has 0 saturated carbocycles. The molecule has 3 N–H and O–H groups in total. The summed E-state index contributed by atoms with van der Waals surface area (Å²) in [5.74, 6) is -4.23. The minimum absolute atomic E-state index is 0.180. The summed E-state index contributed by atoms with van der Waals surface area (Å²) in [6.45, 7) is 8.58. The molecule has 0 fully saturated rings. The first-order valence-electron chi connectivity index (χ1n) is 15.1. The molecular formula is C34H34BF2N5O7S. The van der Waals surface area contributed by atoms with Gasteiger partial charge in [-0.2, -0.15) is 0 Å². The predicted octanol–water partition coefficient (Wildman–Crippen LogP) is 2.80. The summed E-state index contributed by atoms with van der Waals surface area (Å²) in [6.07, 6.45) is -0.181. The van der Waals surface area contributed by atoms with Crippen LogP contribution in [0, 0.1) is 25.5 Å². The SMILES string of the molecule is [B]C(=O)[C@H](Cc1ccc(-n2c(=O)c(C)c(C)n(C)c2=O)cc1)NC(=O)c1cc(F)c(NS(=O)(=O)c2ccc(C(=O)NC(C)(C)C)cc2)cc1F. The summed E-state index contributed by atoms with van der Waals surface area (Å²) in [4.78, 5) is 62.7. The third-order valence-corrected chi connectivity index (χ3v) is 9.17. The minimum Gasteiger partial charge on any atom is -0.347 e. The second-order valence-electron chi connectivity index (χ2n) is 12.6. The van der Waals surface area contributed by atoms with Gasteiger partial charge in [0.25, 0.3) is 27.4 Å². The van der Waals surface area contributed by atoms with Crippen molar-refractivity contribution >= 4 is 41.1 Å². The Balaban J connectivity index is 1.49. The molecule has 1 aromatic heterocycles. The molecule has 3 aromatic carbocycles. The molecule has 0 aliphatic heterocycles. The molecule has 4 rings (SSSR count). The molecule has 12 nitrogen and oxygen atoms in total. The Morgan fingerprint density at radius 3 is 2.06 bits per heavy atom. The van der Waals surface area contributed by atoms with Crippen LogP contribution in [0.2, 0.25) is 0 Å². The highest BCUT2D eigenvalue weighted by atomic mass is 32.2. The minimum atomic E-state index is -4.45. The molecule has 4 aromatic rings. The van der Waals surface area contributed by atoms with Crippen molar-refractivity contribution in [2.24, 2.45) is 7.05 Å². The van der Waals surface area contributed by atoms with Crippen molar-refractivity contribution in [1.82, 2.24) is 19.8 Å². The average molecular weight is 706 g/mol. The van der Waals surface area contributed by atoms with Crippen LogP contribution in [-0.4, -0.2) is 54.5 Å². The Labute approximate surface area is 288 Å². The number of carbonyl (C=O) groups excluding carboxylic acids is 3. The van der Waals surface area contributed by atoms with Gasteiger partial charge < -0.3 is 20.0 Å². The molecule has 0 aliphatic rings. The maximum atomic E-state index is 15.1. The normalized spacial score (nSPS) is 12.2. The molecule has 0 spiro atoms. The number of nitrogens with one attached hydrogen (secondary N) is 3. The molecule has 1 heterocycles. The first kappa shape index (κ1) is 37.4. The van der Waals surface area contributed by atoms with Gasteiger partial charge in [0.15, 0.2) is 7.85 Å². The number of hydrogen-bond donors (Lipinski definition) is 3. The van der Waals surface area contributed by atoms with E-state index in [-0.39, 0.29) is 22.6 Å². The summed E-state index contributed by atoms with van der Waals surface area (Å²) in [5, 5.41) is 4.99. The van der Waals surface area contributed by atoms with Crippen LogP contribution in [0.1, 0.15) is 58.3 Å². The standard InChI is InChI=1S/C34H34BF2N5O7S/c1-18-19(2)41(6)33(47)42(32(18)46)22-11-7-20(8-12-22)15-28(29(35)43)38-31(45)24-16-26(37)27(17-25(24)36)40-50(48,49)23-13-9-21(10-14-23)30(44)39-34(3,4)5/h7-14,16-17,28,40H,15H2,1-6H3,(H,38,45)(H,39,44)/t28-/m0/s1. The number of benzene rings is 3. The number of aromatic nitrogens is 2. The number of amides is 2. The quantitative estimate of drug-likeness (QED) is 0.214. The first-order chi connectivity index (χ1) is 23.2. The van der Waals surface area contributed by atoms with Crippen molar-refractivity contribution in [2.75, 3.05) is 4.72 Å². The van der Waals surface area contributed by atoms with Gasteiger partial charge in [-0.05, 0) is 89.1 Å². The van der Waals surface area contributed by atoms with Crippen LogP contribution >= 0.6 is 0 Å². The largest absolute Gasteiger partial charge is 0.347 e. The lowest BCUT2D eigenvalue weighted by Crippen LogP contribution is -2.43. The second-order valence-corrected chi connectivity index (χ2v) is 14.3. The van der Waals surface area contributed by atoms with E-state index in [4.69, 9.17) is 7.85 Å². The van der Waals surface area contributed by atoms with Crippen LogP contribution in [0.3, 0.4) is 0 Å². The third-order valence-electron chi connectivity index (χ3n) is 7.79. The Morgan fingerprint density at radius 1 is 0.900 bits per heavy atom. The van der Waals surface area contributed by atoms with Gasteiger partial charge in [-0.25, -0.2) is 26.6 Å². The highest BCUT2D eigenvalue weighted by Crippen LogP contribution is 2.24. The van der Waals surface area contributed by atoms with Crippen molar-refractivity contribution < 1.29 is 31.6 Å². The molecule has 0 unspecified atom stereocenters. The fourth-order valence-electron chi connectivity index (χ4n) is 4.86. The fraction of sp³-hybridized carbons (Fsp3) is 0.265. The zero-order chi connectivity index (χ0) is 37.3. The lowest BCUT2D eigenvalue weighted by Gasteiger charge is -2.20. The molecule has 0 aliphatic carbocycles. The van der Waals surface area contributed by atoms with Gasteiger partial charge in [0.05, 0.1) is 33.6 Å². The Bertz CT molecular complexity index is 2190. The highest BCUT2D eigenvalue weighted by molar-refractivity contribution is 7.92. The summed E-state index contributed by atoms with van der Waals surface area (Å²) in [5.41, 5.74) is -2.41. The highest BCUT2D eigenvalue weighted by Gasteiger charge is 2.25. The maximum absolute atomic E-state index is 15.1. The van der Waals surface area contributed by atoms with E-state index >= 15 is 8.78 Å². The number of nitrogens with zero attached hydrogens (tertiary/aromatic N) is 2. The smallest absolute Gasteiger partial charge is 0.335 e.